The van der Waals surface area contributed by atoms with Crippen LogP contribution in [0.4, 0.5) is 0 Å². The lowest BCUT2D eigenvalue weighted by Crippen LogP contribution is -2.14. The zero-order chi connectivity index (χ0) is 13.1. The maximum atomic E-state index is 6.32. The molecule has 3 nitrogen and oxygen atoms in total. The molecular formula is C14H23ClN2O. The van der Waals surface area contributed by atoms with Crippen molar-refractivity contribution in [1.29, 1.82) is 0 Å². The van der Waals surface area contributed by atoms with Gasteiger partial charge in [0.15, 0.2) is 0 Å². The van der Waals surface area contributed by atoms with E-state index in [0.717, 1.165) is 44.7 Å². The maximum absolute atomic E-state index is 6.32. The Bertz CT molecular complexity index is 395. The third-order valence-corrected chi connectivity index (χ3v) is 3.92. The van der Waals surface area contributed by atoms with Gasteiger partial charge < -0.3 is 4.74 Å². The van der Waals surface area contributed by atoms with Crippen LogP contribution in [0, 0.1) is 5.92 Å². The van der Waals surface area contributed by atoms with Gasteiger partial charge in [0.1, 0.15) is 0 Å². The minimum absolute atomic E-state index is 0.0449. The molecule has 1 fully saturated rings. The van der Waals surface area contributed by atoms with Crippen molar-refractivity contribution in [2.45, 2.75) is 52.0 Å². The molecule has 0 spiro atoms. The summed E-state index contributed by atoms with van der Waals surface area (Å²) in [4.78, 5) is 0. The van der Waals surface area contributed by atoms with Gasteiger partial charge in [0, 0.05) is 30.3 Å². The second-order valence-corrected chi connectivity index (χ2v) is 5.70. The van der Waals surface area contributed by atoms with Gasteiger partial charge in [0.25, 0.3) is 0 Å². The van der Waals surface area contributed by atoms with Crippen molar-refractivity contribution in [2.24, 2.45) is 5.92 Å². The lowest BCUT2D eigenvalue weighted by Gasteiger charge is -2.12. The number of halogens is 1. The average molecular weight is 271 g/mol. The highest BCUT2D eigenvalue weighted by Crippen LogP contribution is 2.29. The number of hydrogen-bond donors (Lipinski definition) is 0. The number of aryl methyl sites for hydroxylation is 1. The van der Waals surface area contributed by atoms with Crippen LogP contribution >= 0.6 is 11.6 Å². The number of alkyl halides is 1. The molecule has 4 heteroatoms. The largest absolute Gasteiger partial charge is 0.381 e. The van der Waals surface area contributed by atoms with Crippen LogP contribution < -0.4 is 0 Å². The number of aromatic nitrogens is 2. The van der Waals surface area contributed by atoms with E-state index in [-0.39, 0.29) is 5.38 Å². The van der Waals surface area contributed by atoms with Crippen molar-refractivity contribution >= 4 is 11.6 Å². The Morgan fingerprint density at radius 2 is 2.22 bits per heavy atom. The predicted octanol–water partition coefficient (Wildman–Crippen LogP) is 3.34. The molecule has 0 amide bonds. The van der Waals surface area contributed by atoms with Gasteiger partial charge in [0.05, 0.1) is 17.7 Å². The van der Waals surface area contributed by atoms with Gasteiger partial charge >= 0.3 is 0 Å². The van der Waals surface area contributed by atoms with Crippen molar-refractivity contribution < 1.29 is 4.74 Å². The maximum Gasteiger partial charge on any atom is 0.0671 e. The molecular weight excluding hydrogens is 248 g/mol. The number of nitrogens with zero attached hydrogens (tertiary/aromatic N) is 2. The van der Waals surface area contributed by atoms with Crippen LogP contribution in [0.25, 0.3) is 0 Å². The molecule has 2 rings (SSSR count). The second-order valence-electron chi connectivity index (χ2n) is 5.04. The first-order valence-electron chi connectivity index (χ1n) is 6.97. The van der Waals surface area contributed by atoms with Gasteiger partial charge in [-0.15, -0.1) is 11.6 Å². The SMILES string of the molecule is CCc1nn(CC2CCOC2)c(CC)c1C(C)Cl. The summed E-state index contributed by atoms with van der Waals surface area (Å²) in [5, 5.41) is 4.81. The Labute approximate surface area is 114 Å². The minimum Gasteiger partial charge on any atom is -0.381 e. The van der Waals surface area contributed by atoms with Crippen molar-refractivity contribution in [2.75, 3.05) is 13.2 Å². The molecule has 1 aromatic rings. The van der Waals surface area contributed by atoms with E-state index in [0.29, 0.717) is 5.92 Å². The molecule has 18 heavy (non-hydrogen) atoms. The average Bonchev–Trinajstić information content (AvgIpc) is 2.96. The quantitative estimate of drug-likeness (QED) is 0.768. The van der Waals surface area contributed by atoms with Crippen molar-refractivity contribution in [1.82, 2.24) is 9.78 Å². The van der Waals surface area contributed by atoms with E-state index in [1.807, 2.05) is 6.92 Å². The van der Waals surface area contributed by atoms with E-state index in [1.165, 1.54) is 11.3 Å². The van der Waals surface area contributed by atoms with Crippen LogP contribution in [0.2, 0.25) is 0 Å². The monoisotopic (exact) mass is 270 g/mol. The predicted molar refractivity (Wildman–Crippen MR) is 74.2 cm³/mol. The molecule has 0 bridgehead atoms. The van der Waals surface area contributed by atoms with Crippen LogP contribution in [-0.4, -0.2) is 23.0 Å². The van der Waals surface area contributed by atoms with E-state index in [2.05, 4.69) is 18.5 Å². The summed E-state index contributed by atoms with van der Waals surface area (Å²) in [5.41, 5.74) is 3.72. The molecule has 2 atom stereocenters. The zero-order valence-electron chi connectivity index (χ0n) is 11.6. The number of rotatable bonds is 5. The lowest BCUT2D eigenvalue weighted by atomic mass is 10.1. The smallest absolute Gasteiger partial charge is 0.0671 e. The minimum atomic E-state index is 0.0449. The normalized spacial score (nSPS) is 21.4. The van der Waals surface area contributed by atoms with E-state index >= 15 is 0 Å². The highest BCUT2D eigenvalue weighted by molar-refractivity contribution is 6.20. The van der Waals surface area contributed by atoms with Crippen molar-refractivity contribution in [3.63, 3.8) is 0 Å². The van der Waals surface area contributed by atoms with Crippen LogP contribution in [0.5, 0.6) is 0 Å². The molecule has 1 saturated heterocycles. The first-order chi connectivity index (χ1) is 8.67. The molecule has 2 unspecified atom stereocenters. The summed E-state index contributed by atoms with van der Waals surface area (Å²) in [6, 6.07) is 0. The van der Waals surface area contributed by atoms with Gasteiger partial charge in [-0.25, -0.2) is 0 Å². The molecule has 1 aromatic heterocycles. The summed E-state index contributed by atoms with van der Waals surface area (Å²) >= 11 is 6.32. The second kappa shape index (κ2) is 6.07. The lowest BCUT2D eigenvalue weighted by molar-refractivity contribution is 0.181. The first kappa shape index (κ1) is 13.9. The summed E-state index contributed by atoms with van der Waals surface area (Å²) in [5.74, 6) is 0.610. The molecule has 0 radical (unpaired) electrons. The fourth-order valence-corrected chi connectivity index (χ4v) is 3.03. The molecule has 0 saturated carbocycles. The van der Waals surface area contributed by atoms with E-state index in [4.69, 9.17) is 21.4 Å². The fraction of sp³-hybridized carbons (Fsp3) is 0.786. The Morgan fingerprint density at radius 1 is 1.44 bits per heavy atom. The molecule has 1 aliphatic heterocycles. The standard InChI is InChI=1S/C14H23ClN2O/c1-4-12-14(10(3)15)13(5-2)17(16-12)8-11-6-7-18-9-11/h10-11H,4-9H2,1-3H3. The summed E-state index contributed by atoms with van der Waals surface area (Å²) < 4.78 is 7.62. The number of hydrogen-bond acceptors (Lipinski definition) is 2. The van der Waals surface area contributed by atoms with Crippen LogP contribution in [0.3, 0.4) is 0 Å². The van der Waals surface area contributed by atoms with Crippen molar-refractivity contribution in [3.8, 4) is 0 Å². The van der Waals surface area contributed by atoms with E-state index in [9.17, 15) is 0 Å². The Morgan fingerprint density at radius 3 is 2.72 bits per heavy atom. The molecule has 0 N–H and O–H groups in total. The fourth-order valence-electron chi connectivity index (χ4n) is 2.78. The third kappa shape index (κ3) is 2.72. The van der Waals surface area contributed by atoms with Crippen LogP contribution in [-0.2, 0) is 24.1 Å². The molecule has 2 heterocycles. The summed E-state index contributed by atoms with van der Waals surface area (Å²) in [6.07, 6.45) is 3.09. The molecule has 102 valence electrons. The Hall–Kier alpha value is -0.540. The van der Waals surface area contributed by atoms with E-state index < -0.39 is 0 Å². The Balaban J connectivity index is 2.28. The van der Waals surface area contributed by atoms with Gasteiger partial charge in [-0.1, -0.05) is 13.8 Å². The molecule has 1 aliphatic rings. The summed E-state index contributed by atoms with van der Waals surface area (Å²) in [7, 11) is 0. The molecule has 0 aliphatic carbocycles. The van der Waals surface area contributed by atoms with Crippen LogP contribution in [0.1, 0.15) is 49.5 Å². The van der Waals surface area contributed by atoms with Crippen molar-refractivity contribution in [3.05, 3.63) is 17.0 Å². The van der Waals surface area contributed by atoms with Gasteiger partial charge in [-0.05, 0) is 26.2 Å². The highest BCUT2D eigenvalue weighted by Gasteiger charge is 2.22. The summed E-state index contributed by atoms with van der Waals surface area (Å²) in [6.45, 7) is 9.11. The number of ether oxygens (including phenoxy) is 1. The van der Waals surface area contributed by atoms with Crippen LogP contribution in [0.15, 0.2) is 0 Å². The highest BCUT2D eigenvalue weighted by atomic mass is 35.5. The topological polar surface area (TPSA) is 27.1 Å². The first-order valence-corrected chi connectivity index (χ1v) is 7.41. The van der Waals surface area contributed by atoms with Gasteiger partial charge in [-0.2, -0.15) is 5.10 Å². The third-order valence-electron chi connectivity index (χ3n) is 3.70. The zero-order valence-corrected chi connectivity index (χ0v) is 12.3. The van der Waals surface area contributed by atoms with Gasteiger partial charge in [0.2, 0.25) is 0 Å². The van der Waals surface area contributed by atoms with Gasteiger partial charge in [-0.3, -0.25) is 4.68 Å². The Kier molecular flexibility index (Phi) is 4.68. The molecule has 0 aromatic carbocycles. The van der Waals surface area contributed by atoms with E-state index in [1.54, 1.807) is 0 Å².